The summed E-state index contributed by atoms with van der Waals surface area (Å²) in [6.07, 6.45) is 0. The summed E-state index contributed by atoms with van der Waals surface area (Å²) in [7, 11) is 0. The molecule has 0 saturated carbocycles. The molecule has 0 aromatic heterocycles. The SMILES string of the molecule is Cc1ccccc1C1/C(=C(\O)c2cccc([N+](=O)[O-])c2)C(=O)C(=O)N1c1ccc(F)c(F)c1. The van der Waals surface area contributed by atoms with Crippen LogP contribution in [0.5, 0.6) is 0 Å². The topological polar surface area (TPSA) is 101 Å². The zero-order valence-corrected chi connectivity index (χ0v) is 17.2. The molecule has 4 rings (SSSR count). The van der Waals surface area contributed by atoms with Gasteiger partial charge >= 0.3 is 0 Å². The Hall–Kier alpha value is -4.40. The van der Waals surface area contributed by atoms with E-state index < -0.39 is 40.0 Å². The number of non-ortho nitro benzene ring substituents is 1. The first kappa shape index (κ1) is 21.8. The van der Waals surface area contributed by atoms with Crippen LogP contribution in [0.1, 0.15) is 22.7 Å². The number of benzene rings is 3. The van der Waals surface area contributed by atoms with Crippen LogP contribution in [-0.4, -0.2) is 21.7 Å². The average Bonchev–Trinajstić information content (AvgIpc) is 3.06. The number of ketones is 1. The fraction of sp³-hybridized carbons (Fsp3) is 0.0833. The first-order valence-electron chi connectivity index (χ1n) is 9.77. The van der Waals surface area contributed by atoms with Gasteiger partial charge in [0.1, 0.15) is 5.76 Å². The minimum Gasteiger partial charge on any atom is -0.507 e. The van der Waals surface area contributed by atoms with Gasteiger partial charge in [-0.05, 0) is 30.2 Å². The molecule has 33 heavy (non-hydrogen) atoms. The number of carbonyl (C=O) groups is 2. The third-order valence-electron chi connectivity index (χ3n) is 5.44. The number of carbonyl (C=O) groups excluding carboxylic acids is 2. The van der Waals surface area contributed by atoms with Crippen molar-refractivity contribution in [2.24, 2.45) is 0 Å². The van der Waals surface area contributed by atoms with Gasteiger partial charge in [-0.15, -0.1) is 0 Å². The van der Waals surface area contributed by atoms with Crippen molar-refractivity contribution in [2.75, 3.05) is 4.90 Å². The lowest BCUT2D eigenvalue weighted by Gasteiger charge is -2.26. The largest absolute Gasteiger partial charge is 0.507 e. The van der Waals surface area contributed by atoms with Crippen LogP contribution in [0.4, 0.5) is 20.2 Å². The summed E-state index contributed by atoms with van der Waals surface area (Å²) in [5.74, 6) is -5.07. The number of nitro benzene ring substituents is 1. The highest BCUT2D eigenvalue weighted by Gasteiger charge is 2.47. The van der Waals surface area contributed by atoms with E-state index in [1.54, 1.807) is 31.2 Å². The maximum atomic E-state index is 14.0. The molecule has 7 nitrogen and oxygen atoms in total. The number of aryl methyl sites for hydroxylation is 1. The predicted molar refractivity (Wildman–Crippen MR) is 115 cm³/mol. The van der Waals surface area contributed by atoms with Crippen LogP contribution < -0.4 is 4.90 Å². The summed E-state index contributed by atoms with van der Waals surface area (Å²) in [5.41, 5.74) is 0.379. The van der Waals surface area contributed by atoms with Crippen molar-refractivity contribution in [1.82, 2.24) is 0 Å². The van der Waals surface area contributed by atoms with Gasteiger partial charge < -0.3 is 5.11 Å². The maximum absolute atomic E-state index is 14.0. The van der Waals surface area contributed by atoms with E-state index in [2.05, 4.69) is 0 Å². The van der Waals surface area contributed by atoms with Crippen molar-refractivity contribution in [1.29, 1.82) is 0 Å². The third-order valence-corrected chi connectivity index (χ3v) is 5.44. The van der Waals surface area contributed by atoms with Crippen molar-refractivity contribution in [3.05, 3.63) is 111 Å². The van der Waals surface area contributed by atoms with Crippen LogP contribution in [0.15, 0.2) is 72.3 Å². The van der Waals surface area contributed by atoms with E-state index in [-0.39, 0.29) is 22.5 Å². The molecule has 1 heterocycles. The molecular weight excluding hydrogens is 434 g/mol. The van der Waals surface area contributed by atoms with E-state index >= 15 is 0 Å². The zero-order valence-electron chi connectivity index (χ0n) is 17.2. The minimum absolute atomic E-state index is 0.0360. The molecule has 1 unspecified atom stereocenters. The number of hydrogen-bond acceptors (Lipinski definition) is 5. The molecule has 0 bridgehead atoms. The summed E-state index contributed by atoms with van der Waals surface area (Å²) in [6.45, 7) is 1.73. The molecule has 3 aromatic carbocycles. The Bertz CT molecular complexity index is 1350. The van der Waals surface area contributed by atoms with Gasteiger partial charge in [0, 0.05) is 29.4 Å². The normalized spacial score (nSPS) is 17.4. The van der Waals surface area contributed by atoms with Gasteiger partial charge in [-0.3, -0.25) is 24.6 Å². The molecule has 0 aliphatic carbocycles. The number of Topliss-reactive ketones (excluding diaryl/α,β-unsaturated/α-hetero) is 1. The summed E-state index contributed by atoms with van der Waals surface area (Å²) in [4.78, 5) is 37.6. The zero-order chi connectivity index (χ0) is 23.9. The minimum atomic E-state index is -1.21. The Morgan fingerprint density at radius 1 is 1.00 bits per heavy atom. The standard InChI is InChI=1S/C24H16F2N2O5/c1-13-5-2-3-8-17(13)21-20(22(29)14-6-4-7-16(11-14)28(32)33)23(30)24(31)27(21)15-9-10-18(25)19(26)12-15/h2-12,21,29H,1H3/b22-20+. The molecule has 1 N–H and O–H groups in total. The number of nitrogens with zero attached hydrogens (tertiary/aromatic N) is 2. The van der Waals surface area contributed by atoms with Crippen LogP contribution >= 0.6 is 0 Å². The number of halogens is 2. The highest BCUT2D eigenvalue weighted by Crippen LogP contribution is 2.43. The Morgan fingerprint density at radius 3 is 2.39 bits per heavy atom. The number of anilines is 1. The molecule has 1 aliphatic rings. The predicted octanol–water partition coefficient (Wildman–Crippen LogP) is 4.81. The Kier molecular flexibility index (Phi) is 5.47. The van der Waals surface area contributed by atoms with Crippen molar-refractivity contribution < 1.29 is 28.4 Å². The second-order valence-electron chi connectivity index (χ2n) is 7.43. The quantitative estimate of drug-likeness (QED) is 0.202. The van der Waals surface area contributed by atoms with E-state index in [4.69, 9.17) is 0 Å². The fourth-order valence-electron chi connectivity index (χ4n) is 3.84. The number of hydrogen-bond donors (Lipinski definition) is 1. The fourth-order valence-corrected chi connectivity index (χ4v) is 3.84. The van der Waals surface area contributed by atoms with E-state index in [0.29, 0.717) is 11.1 Å². The van der Waals surface area contributed by atoms with Crippen LogP contribution in [0.3, 0.4) is 0 Å². The molecule has 1 atom stereocenters. The van der Waals surface area contributed by atoms with Gasteiger partial charge in [0.25, 0.3) is 17.4 Å². The summed E-state index contributed by atoms with van der Waals surface area (Å²) < 4.78 is 27.5. The van der Waals surface area contributed by atoms with Crippen molar-refractivity contribution >= 4 is 28.8 Å². The van der Waals surface area contributed by atoms with Gasteiger partial charge in [-0.1, -0.05) is 36.4 Å². The Labute approximate surface area is 186 Å². The number of aliphatic hydroxyl groups is 1. The second kappa shape index (κ2) is 8.27. The van der Waals surface area contributed by atoms with E-state index in [9.17, 15) is 33.6 Å². The Balaban J connectivity index is 1.98. The third kappa shape index (κ3) is 3.73. The van der Waals surface area contributed by atoms with Gasteiger partial charge in [-0.25, -0.2) is 8.78 Å². The number of nitro groups is 1. The van der Waals surface area contributed by atoms with Crippen molar-refractivity contribution in [2.45, 2.75) is 13.0 Å². The molecule has 0 radical (unpaired) electrons. The van der Waals surface area contributed by atoms with Crippen LogP contribution in [0.25, 0.3) is 5.76 Å². The van der Waals surface area contributed by atoms with E-state index in [1.165, 1.54) is 18.2 Å². The van der Waals surface area contributed by atoms with E-state index in [1.807, 2.05) is 0 Å². The molecule has 1 saturated heterocycles. The van der Waals surface area contributed by atoms with Crippen LogP contribution in [0, 0.1) is 28.7 Å². The lowest BCUT2D eigenvalue weighted by Crippen LogP contribution is -2.30. The molecule has 1 aliphatic heterocycles. The molecule has 9 heteroatoms. The van der Waals surface area contributed by atoms with Crippen molar-refractivity contribution in [3.8, 4) is 0 Å². The molecule has 1 amide bonds. The van der Waals surface area contributed by atoms with Gasteiger partial charge in [-0.2, -0.15) is 0 Å². The summed E-state index contributed by atoms with van der Waals surface area (Å²) >= 11 is 0. The average molecular weight is 450 g/mol. The highest BCUT2D eigenvalue weighted by molar-refractivity contribution is 6.51. The monoisotopic (exact) mass is 450 g/mol. The maximum Gasteiger partial charge on any atom is 0.300 e. The highest BCUT2D eigenvalue weighted by atomic mass is 19.2. The summed E-state index contributed by atoms with van der Waals surface area (Å²) in [6, 6.07) is 13.4. The lowest BCUT2D eigenvalue weighted by atomic mass is 9.92. The van der Waals surface area contributed by atoms with Crippen LogP contribution in [-0.2, 0) is 9.59 Å². The van der Waals surface area contributed by atoms with E-state index in [0.717, 1.165) is 29.2 Å². The molecular formula is C24H16F2N2O5. The van der Waals surface area contributed by atoms with Gasteiger partial charge in [0.05, 0.1) is 16.5 Å². The summed E-state index contributed by atoms with van der Waals surface area (Å²) in [5, 5.41) is 22.2. The molecule has 3 aromatic rings. The van der Waals surface area contributed by atoms with Gasteiger partial charge in [0.15, 0.2) is 11.6 Å². The first-order valence-corrected chi connectivity index (χ1v) is 9.77. The molecule has 0 spiro atoms. The second-order valence-corrected chi connectivity index (χ2v) is 7.43. The van der Waals surface area contributed by atoms with Gasteiger partial charge in [0.2, 0.25) is 0 Å². The number of rotatable bonds is 4. The van der Waals surface area contributed by atoms with Crippen molar-refractivity contribution in [3.63, 3.8) is 0 Å². The lowest BCUT2D eigenvalue weighted by molar-refractivity contribution is -0.384. The number of aliphatic hydroxyl groups excluding tert-OH is 1. The first-order chi connectivity index (χ1) is 15.7. The Morgan fingerprint density at radius 2 is 1.73 bits per heavy atom. The van der Waals surface area contributed by atoms with Crippen LogP contribution in [0.2, 0.25) is 0 Å². The molecule has 166 valence electrons. The number of amides is 1. The smallest absolute Gasteiger partial charge is 0.300 e. The molecule has 1 fully saturated rings.